The Morgan fingerprint density at radius 2 is 2.19 bits per heavy atom. The maximum Gasteiger partial charge on any atom is 0.280 e. The molecule has 1 rings (SSSR count). The Bertz CT molecular complexity index is 491. The van der Waals surface area contributed by atoms with E-state index in [-0.39, 0.29) is 5.03 Å². The molecule has 0 amide bonds. The van der Waals surface area contributed by atoms with Crippen molar-refractivity contribution in [1.82, 2.24) is 9.55 Å². The van der Waals surface area contributed by atoms with E-state index in [1.54, 1.807) is 4.57 Å². The van der Waals surface area contributed by atoms with Gasteiger partial charge in [-0.2, -0.15) is 0 Å². The molecule has 1 heterocycles. The van der Waals surface area contributed by atoms with Crippen molar-refractivity contribution in [3.63, 3.8) is 0 Å². The molecule has 0 aromatic carbocycles. The first-order valence-electron chi connectivity index (χ1n) is 5.05. The highest BCUT2D eigenvalue weighted by molar-refractivity contribution is 8.13. The smallest absolute Gasteiger partial charge is 0.280 e. The van der Waals surface area contributed by atoms with Crippen molar-refractivity contribution in [3.05, 3.63) is 24.2 Å². The van der Waals surface area contributed by atoms with Crippen LogP contribution in [0.2, 0.25) is 0 Å². The van der Waals surface area contributed by atoms with Crippen molar-refractivity contribution >= 4 is 19.7 Å². The van der Waals surface area contributed by atoms with Crippen LogP contribution in [-0.2, 0) is 22.0 Å². The minimum atomic E-state index is -3.75. The number of nitrogens with zero attached hydrogens (tertiary/aromatic N) is 2. The van der Waals surface area contributed by atoms with Crippen molar-refractivity contribution in [1.29, 1.82) is 0 Å². The van der Waals surface area contributed by atoms with Gasteiger partial charge in [-0.25, -0.2) is 13.4 Å². The first-order valence-corrected chi connectivity index (χ1v) is 7.36. The molecule has 1 aromatic heterocycles. The largest absolute Gasteiger partial charge is 0.329 e. The van der Waals surface area contributed by atoms with Gasteiger partial charge in [-0.1, -0.05) is 26.0 Å². The average Bonchev–Trinajstić information content (AvgIpc) is 2.60. The molecular weight excluding hydrogens is 248 g/mol. The monoisotopic (exact) mass is 262 g/mol. The Labute approximate surface area is 100 Å². The molecule has 0 radical (unpaired) electrons. The van der Waals surface area contributed by atoms with Gasteiger partial charge in [-0.05, 0) is 6.42 Å². The lowest BCUT2D eigenvalue weighted by Crippen LogP contribution is -2.03. The van der Waals surface area contributed by atoms with Gasteiger partial charge in [0.2, 0.25) is 0 Å². The predicted molar refractivity (Wildman–Crippen MR) is 64.1 cm³/mol. The van der Waals surface area contributed by atoms with Gasteiger partial charge in [0.1, 0.15) is 5.82 Å². The summed E-state index contributed by atoms with van der Waals surface area (Å²) in [5.41, 5.74) is 1.02. The molecular formula is C10H15ClN2O2S. The number of hydrogen-bond donors (Lipinski definition) is 0. The summed E-state index contributed by atoms with van der Waals surface area (Å²) < 4.78 is 24.1. The second-order valence-corrected chi connectivity index (χ2v) is 6.03. The van der Waals surface area contributed by atoms with Crippen LogP contribution in [-0.4, -0.2) is 18.0 Å². The molecule has 0 fully saturated rings. The first-order chi connectivity index (χ1) is 7.38. The van der Waals surface area contributed by atoms with E-state index in [1.165, 1.54) is 6.20 Å². The molecule has 0 aliphatic heterocycles. The molecule has 0 saturated carbocycles. The summed E-state index contributed by atoms with van der Waals surface area (Å²) in [7, 11) is 1.50. The Balaban J connectivity index is 3.09. The molecule has 4 nitrogen and oxygen atoms in total. The normalized spacial score (nSPS) is 11.7. The number of aromatic nitrogens is 2. The third kappa shape index (κ3) is 3.09. The molecule has 0 spiro atoms. The van der Waals surface area contributed by atoms with Crippen LogP contribution >= 0.6 is 10.7 Å². The summed E-state index contributed by atoms with van der Waals surface area (Å²) in [4.78, 5) is 3.99. The molecule has 0 aliphatic rings. The zero-order valence-electron chi connectivity index (χ0n) is 9.40. The summed E-state index contributed by atoms with van der Waals surface area (Å²) in [5, 5.41) is -0.0880. The minimum Gasteiger partial charge on any atom is -0.329 e. The molecule has 90 valence electrons. The predicted octanol–water partition coefficient (Wildman–Crippen LogP) is 2.34. The summed E-state index contributed by atoms with van der Waals surface area (Å²) >= 11 is 0. The molecule has 0 unspecified atom stereocenters. The molecule has 1 aromatic rings. The van der Waals surface area contributed by atoms with Gasteiger partial charge < -0.3 is 4.57 Å². The summed E-state index contributed by atoms with van der Waals surface area (Å²) in [5.74, 6) is 0.703. The molecule has 16 heavy (non-hydrogen) atoms. The third-order valence-electron chi connectivity index (χ3n) is 2.30. The number of imidazole rings is 1. The van der Waals surface area contributed by atoms with E-state index in [9.17, 15) is 8.42 Å². The Kier molecular flexibility index (Phi) is 4.15. The van der Waals surface area contributed by atoms with Crippen LogP contribution in [0, 0.1) is 0 Å². The average molecular weight is 263 g/mol. The Morgan fingerprint density at radius 1 is 1.56 bits per heavy atom. The molecule has 6 heteroatoms. The van der Waals surface area contributed by atoms with E-state index in [2.05, 4.69) is 11.6 Å². The van der Waals surface area contributed by atoms with Crippen LogP contribution in [0.3, 0.4) is 0 Å². The van der Waals surface area contributed by atoms with E-state index >= 15 is 0 Å². The van der Waals surface area contributed by atoms with E-state index in [1.807, 2.05) is 13.8 Å². The fourth-order valence-electron chi connectivity index (χ4n) is 1.32. The highest BCUT2D eigenvalue weighted by atomic mass is 35.7. The van der Waals surface area contributed by atoms with Gasteiger partial charge in [-0.3, -0.25) is 0 Å². The SMILES string of the molecule is C=C(CC)Cn1cc(S(=O)(=O)Cl)nc1CC. The topological polar surface area (TPSA) is 52.0 Å². The van der Waals surface area contributed by atoms with Gasteiger partial charge in [0, 0.05) is 29.8 Å². The second-order valence-electron chi connectivity index (χ2n) is 3.52. The highest BCUT2D eigenvalue weighted by Gasteiger charge is 2.17. The van der Waals surface area contributed by atoms with E-state index in [4.69, 9.17) is 10.7 Å². The van der Waals surface area contributed by atoms with Gasteiger partial charge in [0.25, 0.3) is 9.05 Å². The first kappa shape index (κ1) is 13.3. The molecule has 0 aliphatic carbocycles. The van der Waals surface area contributed by atoms with Crippen molar-refractivity contribution in [3.8, 4) is 0 Å². The van der Waals surface area contributed by atoms with Crippen LogP contribution in [0.4, 0.5) is 0 Å². The lowest BCUT2D eigenvalue weighted by Gasteiger charge is -2.06. The maximum atomic E-state index is 11.1. The molecule has 0 bridgehead atoms. The van der Waals surface area contributed by atoms with Gasteiger partial charge in [-0.15, -0.1) is 0 Å². The number of allylic oxidation sites excluding steroid dienone is 1. The number of rotatable bonds is 5. The van der Waals surface area contributed by atoms with E-state index in [0.717, 1.165) is 12.0 Å². The minimum absolute atomic E-state index is 0.0880. The Morgan fingerprint density at radius 3 is 2.62 bits per heavy atom. The zero-order chi connectivity index (χ0) is 12.3. The van der Waals surface area contributed by atoms with Crippen molar-refractivity contribution in [2.45, 2.75) is 38.3 Å². The zero-order valence-corrected chi connectivity index (χ0v) is 11.0. The molecule has 0 saturated heterocycles. The molecule has 0 atom stereocenters. The molecule has 0 N–H and O–H groups in total. The van der Waals surface area contributed by atoms with Gasteiger partial charge in [0.05, 0.1) is 0 Å². The fraction of sp³-hybridized carbons (Fsp3) is 0.500. The van der Waals surface area contributed by atoms with Gasteiger partial charge in [0.15, 0.2) is 5.03 Å². The lowest BCUT2D eigenvalue weighted by molar-refractivity contribution is 0.606. The second kappa shape index (κ2) is 5.01. The fourth-order valence-corrected chi connectivity index (χ4v) is 2.01. The van der Waals surface area contributed by atoms with Crippen LogP contribution in [0.1, 0.15) is 26.1 Å². The van der Waals surface area contributed by atoms with E-state index < -0.39 is 9.05 Å². The highest BCUT2D eigenvalue weighted by Crippen LogP contribution is 2.16. The van der Waals surface area contributed by atoms with Crippen molar-refractivity contribution in [2.24, 2.45) is 0 Å². The van der Waals surface area contributed by atoms with Gasteiger partial charge >= 0.3 is 0 Å². The number of halogens is 1. The summed E-state index contributed by atoms with van der Waals surface area (Å²) in [6.07, 6.45) is 2.97. The maximum absolute atomic E-state index is 11.1. The van der Waals surface area contributed by atoms with E-state index in [0.29, 0.717) is 18.8 Å². The summed E-state index contributed by atoms with van der Waals surface area (Å²) in [6.45, 7) is 8.39. The van der Waals surface area contributed by atoms with Crippen LogP contribution in [0.25, 0.3) is 0 Å². The Hall–Kier alpha value is -0.810. The number of hydrogen-bond acceptors (Lipinski definition) is 3. The number of aryl methyl sites for hydroxylation is 1. The van der Waals surface area contributed by atoms with Crippen LogP contribution in [0.15, 0.2) is 23.4 Å². The van der Waals surface area contributed by atoms with Crippen LogP contribution < -0.4 is 0 Å². The standard InChI is InChI=1S/C10H15ClN2O2S/c1-4-8(3)6-13-7-10(16(11,14)15)12-9(13)5-2/h7H,3-6H2,1-2H3. The van der Waals surface area contributed by atoms with Crippen molar-refractivity contribution < 1.29 is 8.42 Å². The summed E-state index contributed by atoms with van der Waals surface area (Å²) in [6, 6.07) is 0. The van der Waals surface area contributed by atoms with Crippen LogP contribution in [0.5, 0.6) is 0 Å². The quantitative estimate of drug-likeness (QED) is 0.605. The van der Waals surface area contributed by atoms with Crippen molar-refractivity contribution in [2.75, 3.05) is 0 Å². The lowest BCUT2D eigenvalue weighted by atomic mass is 10.2. The third-order valence-corrected chi connectivity index (χ3v) is 3.47.